The van der Waals surface area contributed by atoms with Crippen molar-refractivity contribution in [3.8, 4) is 0 Å². The maximum Gasteiger partial charge on any atom is 0.410 e. The van der Waals surface area contributed by atoms with E-state index in [4.69, 9.17) is 4.74 Å². The first kappa shape index (κ1) is 14.5. The van der Waals surface area contributed by atoms with E-state index in [-0.39, 0.29) is 13.1 Å². The molecule has 0 radical (unpaired) electrons. The van der Waals surface area contributed by atoms with Crippen molar-refractivity contribution in [3.05, 3.63) is 0 Å². The summed E-state index contributed by atoms with van der Waals surface area (Å²) in [5.74, 6) is -2.76. The lowest BCUT2D eigenvalue weighted by molar-refractivity contribution is -0.132. The molecule has 2 fully saturated rings. The second kappa shape index (κ2) is 4.58. The molecule has 0 aliphatic carbocycles. The average Bonchev–Trinajstić information content (AvgIpc) is 2.66. The zero-order chi connectivity index (χ0) is 14.3. The van der Waals surface area contributed by atoms with Gasteiger partial charge in [0.05, 0.1) is 12.0 Å². The van der Waals surface area contributed by atoms with Crippen LogP contribution in [0.4, 0.5) is 13.6 Å². The number of nitrogens with zero attached hydrogens (tertiary/aromatic N) is 1. The third-order valence-electron chi connectivity index (χ3n) is 3.91. The van der Waals surface area contributed by atoms with Crippen molar-refractivity contribution in [2.75, 3.05) is 26.2 Å². The van der Waals surface area contributed by atoms with Crippen LogP contribution in [0.1, 0.15) is 33.6 Å². The minimum atomic E-state index is -2.76. The third-order valence-corrected chi connectivity index (χ3v) is 3.91. The number of hydrogen-bond donors (Lipinski definition) is 1. The van der Waals surface area contributed by atoms with Gasteiger partial charge in [0.2, 0.25) is 0 Å². The predicted octanol–water partition coefficient (Wildman–Crippen LogP) is 2.24. The summed E-state index contributed by atoms with van der Waals surface area (Å²) in [6.45, 7) is 6.05. The Kier molecular flexibility index (Phi) is 3.49. The lowest BCUT2D eigenvalue weighted by Gasteiger charge is -2.41. The molecule has 1 N–H and O–H groups in total. The molecule has 2 saturated heterocycles. The van der Waals surface area contributed by atoms with Crippen LogP contribution in [-0.4, -0.2) is 48.7 Å². The number of halogens is 2. The molecule has 19 heavy (non-hydrogen) atoms. The first-order chi connectivity index (χ1) is 8.65. The van der Waals surface area contributed by atoms with Crippen LogP contribution in [0, 0.1) is 5.41 Å². The standard InChI is InChI=1S/C13H22F2N2O2/c1-11(2,3)19-10(18)17-7-5-12(9-17)4-6-16-8-13(12,14)15/h16H,4-9H2,1-3H3. The number of carbonyl (C=O) groups is 1. The molecule has 2 heterocycles. The molecular weight excluding hydrogens is 254 g/mol. The Balaban J connectivity index is 2.05. The fourth-order valence-corrected chi connectivity index (χ4v) is 2.80. The lowest BCUT2D eigenvalue weighted by atomic mass is 9.75. The molecule has 2 rings (SSSR count). The van der Waals surface area contributed by atoms with E-state index in [0.717, 1.165) is 0 Å². The van der Waals surface area contributed by atoms with E-state index >= 15 is 0 Å². The van der Waals surface area contributed by atoms with Crippen LogP contribution in [0.15, 0.2) is 0 Å². The van der Waals surface area contributed by atoms with Crippen LogP contribution in [0.5, 0.6) is 0 Å². The highest BCUT2D eigenvalue weighted by Crippen LogP contribution is 2.48. The number of piperidine rings is 1. The molecule has 1 unspecified atom stereocenters. The summed E-state index contributed by atoms with van der Waals surface area (Å²) in [5.41, 5.74) is -1.67. The molecule has 6 heteroatoms. The van der Waals surface area contributed by atoms with Crippen molar-refractivity contribution in [1.29, 1.82) is 0 Å². The molecule has 2 aliphatic heterocycles. The molecule has 2 aliphatic rings. The van der Waals surface area contributed by atoms with Gasteiger partial charge < -0.3 is 15.0 Å². The Bertz CT molecular complexity index is 368. The minimum Gasteiger partial charge on any atom is -0.444 e. The largest absolute Gasteiger partial charge is 0.444 e. The van der Waals surface area contributed by atoms with Crippen molar-refractivity contribution < 1.29 is 18.3 Å². The Hall–Kier alpha value is -0.910. The van der Waals surface area contributed by atoms with Crippen molar-refractivity contribution in [2.24, 2.45) is 5.41 Å². The van der Waals surface area contributed by atoms with E-state index in [1.165, 1.54) is 4.90 Å². The number of amides is 1. The molecule has 0 saturated carbocycles. The van der Waals surface area contributed by atoms with Crippen LogP contribution >= 0.6 is 0 Å². The molecule has 110 valence electrons. The predicted molar refractivity (Wildman–Crippen MR) is 67.3 cm³/mol. The van der Waals surface area contributed by atoms with Gasteiger partial charge in [-0.05, 0) is 40.2 Å². The van der Waals surface area contributed by atoms with Crippen molar-refractivity contribution in [3.63, 3.8) is 0 Å². The summed E-state index contributed by atoms with van der Waals surface area (Å²) in [5, 5.41) is 2.72. The van der Waals surface area contributed by atoms with E-state index < -0.39 is 23.0 Å². The van der Waals surface area contributed by atoms with Gasteiger partial charge in [-0.2, -0.15) is 0 Å². The van der Waals surface area contributed by atoms with Crippen molar-refractivity contribution in [2.45, 2.75) is 45.1 Å². The monoisotopic (exact) mass is 276 g/mol. The number of ether oxygens (including phenoxy) is 1. The third kappa shape index (κ3) is 2.83. The average molecular weight is 276 g/mol. The molecular formula is C13H22F2N2O2. The molecule has 1 amide bonds. The van der Waals surface area contributed by atoms with E-state index in [9.17, 15) is 13.6 Å². The van der Waals surface area contributed by atoms with Crippen molar-refractivity contribution >= 4 is 6.09 Å². The number of hydrogen-bond acceptors (Lipinski definition) is 3. The van der Waals surface area contributed by atoms with Crippen LogP contribution in [0.25, 0.3) is 0 Å². The summed E-state index contributed by atoms with van der Waals surface area (Å²) >= 11 is 0. The Labute approximate surface area is 112 Å². The lowest BCUT2D eigenvalue weighted by Crippen LogP contribution is -2.55. The first-order valence-electron chi connectivity index (χ1n) is 6.72. The number of likely N-dealkylation sites (tertiary alicyclic amines) is 1. The number of nitrogens with one attached hydrogen (secondary N) is 1. The first-order valence-corrected chi connectivity index (χ1v) is 6.72. The molecule has 1 spiro atoms. The second-order valence-electron chi connectivity index (χ2n) is 6.56. The zero-order valence-electron chi connectivity index (χ0n) is 11.8. The quantitative estimate of drug-likeness (QED) is 0.738. The van der Waals surface area contributed by atoms with Gasteiger partial charge in [-0.1, -0.05) is 0 Å². The highest BCUT2D eigenvalue weighted by molar-refractivity contribution is 5.68. The van der Waals surface area contributed by atoms with Crippen LogP contribution < -0.4 is 5.32 Å². The van der Waals surface area contributed by atoms with Gasteiger partial charge in [-0.25, -0.2) is 13.6 Å². The number of rotatable bonds is 0. The second-order valence-corrected chi connectivity index (χ2v) is 6.56. The van der Waals surface area contributed by atoms with Crippen LogP contribution in [0.2, 0.25) is 0 Å². The van der Waals surface area contributed by atoms with Gasteiger partial charge in [0, 0.05) is 13.1 Å². The normalized spacial score (nSPS) is 30.7. The van der Waals surface area contributed by atoms with E-state index in [1.54, 1.807) is 20.8 Å². The topological polar surface area (TPSA) is 41.6 Å². The van der Waals surface area contributed by atoms with Crippen molar-refractivity contribution in [1.82, 2.24) is 10.2 Å². The Morgan fingerprint density at radius 2 is 2.00 bits per heavy atom. The fourth-order valence-electron chi connectivity index (χ4n) is 2.80. The molecule has 4 nitrogen and oxygen atoms in total. The number of carbonyl (C=O) groups excluding carboxylic acids is 1. The summed E-state index contributed by atoms with van der Waals surface area (Å²) in [4.78, 5) is 13.4. The summed E-state index contributed by atoms with van der Waals surface area (Å²) in [6, 6.07) is 0. The van der Waals surface area contributed by atoms with E-state index in [0.29, 0.717) is 25.9 Å². The van der Waals surface area contributed by atoms with E-state index in [1.807, 2.05) is 0 Å². The zero-order valence-corrected chi connectivity index (χ0v) is 11.8. The Morgan fingerprint density at radius 1 is 1.32 bits per heavy atom. The summed E-state index contributed by atoms with van der Waals surface area (Å²) in [6.07, 6.45) is 0.263. The van der Waals surface area contributed by atoms with Gasteiger partial charge in [-0.3, -0.25) is 0 Å². The fraction of sp³-hybridized carbons (Fsp3) is 0.923. The van der Waals surface area contributed by atoms with Gasteiger partial charge in [0.15, 0.2) is 0 Å². The summed E-state index contributed by atoms with van der Waals surface area (Å²) < 4.78 is 33.4. The van der Waals surface area contributed by atoms with Gasteiger partial charge in [0.1, 0.15) is 5.60 Å². The van der Waals surface area contributed by atoms with E-state index in [2.05, 4.69) is 5.32 Å². The van der Waals surface area contributed by atoms with Crippen LogP contribution in [-0.2, 0) is 4.74 Å². The number of alkyl halides is 2. The van der Waals surface area contributed by atoms with Crippen LogP contribution in [0.3, 0.4) is 0 Å². The molecule has 0 aromatic rings. The Morgan fingerprint density at radius 3 is 2.58 bits per heavy atom. The van der Waals surface area contributed by atoms with Gasteiger partial charge in [0.25, 0.3) is 5.92 Å². The summed E-state index contributed by atoms with van der Waals surface area (Å²) in [7, 11) is 0. The minimum absolute atomic E-state index is 0.0938. The van der Waals surface area contributed by atoms with Gasteiger partial charge >= 0.3 is 6.09 Å². The molecule has 0 aromatic heterocycles. The molecule has 1 atom stereocenters. The highest BCUT2D eigenvalue weighted by Gasteiger charge is 2.58. The smallest absolute Gasteiger partial charge is 0.410 e. The maximum absolute atomic E-state index is 14.1. The molecule has 0 aromatic carbocycles. The molecule has 0 bridgehead atoms. The maximum atomic E-state index is 14.1. The SMILES string of the molecule is CC(C)(C)OC(=O)N1CCC2(CCNCC2(F)F)C1. The van der Waals surface area contributed by atoms with Gasteiger partial charge in [-0.15, -0.1) is 0 Å². The highest BCUT2D eigenvalue weighted by atomic mass is 19.3.